The van der Waals surface area contributed by atoms with E-state index in [-0.39, 0.29) is 29.7 Å². The number of hydrogen-bond acceptors (Lipinski definition) is 7. The molecule has 5 heterocycles. The lowest BCUT2D eigenvalue weighted by atomic mass is 9.92. The van der Waals surface area contributed by atoms with Gasteiger partial charge in [0, 0.05) is 24.8 Å². The van der Waals surface area contributed by atoms with Gasteiger partial charge in [0.25, 0.3) is 5.91 Å². The zero-order chi connectivity index (χ0) is 25.2. The molecule has 0 aromatic carbocycles. The number of pyridine rings is 1. The number of aryl methyl sites for hydroxylation is 1. The molecular formula is C22H29N7O5S. The minimum atomic E-state index is -2.71. The summed E-state index contributed by atoms with van der Waals surface area (Å²) in [6.45, 7) is 4.52. The number of nitrogens with one attached hydrogen (secondary N) is 2. The molecule has 0 aliphatic carbocycles. The van der Waals surface area contributed by atoms with Crippen molar-refractivity contribution in [3.05, 3.63) is 30.1 Å². The number of rotatable bonds is 4. The molecule has 5 rings (SSSR count). The molecule has 3 saturated heterocycles. The predicted octanol–water partition coefficient (Wildman–Crippen LogP) is 2.25. The molecule has 2 aromatic rings. The topological polar surface area (TPSA) is 153 Å². The van der Waals surface area contributed by atoms with Crippen molar-refractivity contribution in [3.63, 3.8) is 0 Å². The molecule has 3 aliphatic heterocycles. The van der Waals surface area contributed by atoms with Crippen LogP contribution in [0.1, 0.15) is 37.2 Å². The van der Waals surface area contributed by atoms with Crippen LogP contribution in [-0.2, 0) is 11.8 Å². The lowest BCUT2D eigenvalue weighted by molar-refractivity contribution is -0.124. The number of amides is 4. The van der Waals surface area contributed by atoms with Crippen molar-refractivity contribution < 1.29 is 23.5 Å². The summed E-state index contributed by atoms with van der Waals surface area (Å²) in [6.07, 6.45) is 2.79. The Bertz CT molecular complexity index is 1230. The Morgan fingerprint density at radius 3 is 2.63 bits per heavy atom. The Labute approximate surface area is 204 Å². The van der Waals surface area contributed by atoms with Gasteiger partial charge in [-0.05, 0) is 25.0 Å². The molecule has 0 saturated carbocycles. The fourth-order valence-electron chi connectivity index (χ4n) is 4.88. The number of anilines is 3. The lowest BCUT2D eigenvalue weighted by Crippen LogP contribution is -2.44. The van der Waals surface area contributed by atoms with Gasteiger partial charge in [-0.1, -0.05) is 19.9 Å². The Morgan fingerprint density at radius 2 is 1.97 bits per heavy atom. The Hall–Kier alpha value is -3.16. The van der Waals surface area contributed by atoms with Crippen LogP contribution < -0.4 is 20.4 Å². The van der Waals surface area contributed by atoms with E-state index in [4.69, 9.17) is 0 Å². The van der Waals surface area contributed by atoms with Gasteiger partial charge in [-0.25, -0.2) is 9.78 Å². The van der Waals surface area contributed by atoms with E-state index in [0.29, 0.717) is 36.7 Å². The molecular weight excluding hydrogens is 474 g/mol. The average Bonchev–Trinajstić information content (AvgIpc) is 3.47. The van der Waals surface area contributed by atoms with Crippen LogP contribution in [0.3, 0.4) is 0 Å². The molecule has 35 heavy (non-hydrogen) atoms. The quantitative estimate of drug-likeness (QED) is 0.499. The summed E-state index contributed by atoms with van der Waals surface area (Å²) in [5, 5.41) is 10.1. The largest absolute Gasteiger partial charge is 0.329 e. The summed E-state index contributed by atoms with van der Waals surface area (Å²) in [6, 6.07) is 4.41. The molecule has 12 nitrogen and oxygen atoms in total. The van der Waals surface area contributed by atoms with Gasteiger partial charge in [-0.15, -0.1) is 0 Å². The monoisotopic (exact) mass is 503 g/mol. The molecule has 13 heteroatoms. The second kappa shape index (κ2) is 7.93. The van der Waals surface area contributed by atoms with Crippen LogP contribution in [0.15, 0.2) is 24.4 Å². The van der Waals surface area contributed by atoms with Crippen molar-refractivity contribution in [3.8, 4) is 0 Å². The lowest BCUT2D eigenvalue weighted by Gasteiger charge is -2.29. The molecule has 1 atom stereocenters. The second-order valence-electron chi connectivity index (χ2n) is 10.2. The zero-order valence-corrected chi connectivity index (χ0v) is 20.6. The third kappa shape index (κ3) is 4.23. The third-order valence-electron chi connectivity index (χ3n) is 6.83. The Balaban J connectivity index is 1.35. The number of nitrogens with zero attached hydrogens (tertiary/aromatic N) is 5. The first-order chi connectivity index (χ1) is 16.4. The molecule has 0 radical (unpaired) electrons. The van der Waals surface area contributed by atoms with E-state index < -0.39 is 33.5 Å². The average molecular weight is 504 g/mol. The molecule has 188 valence electrons. The second-order valence-corrected chi connectivity index (χ2v) is 12.5. The summed E-state index contributed by atoms with van der Waals surface area (Å²) < 4.78 is 21.6. The Kier molecular flexibility index (Phi) is 5.34. The van der Waals surface area contributed by atoms with Gasteiger partial charge < -0.3 is 10.6 Å². The Morgan fingerprint density at radius 1 is 1.20 bits per heavy atom. The molecule has 1 unspecified atom stereocenters. The van der Waals surface area contributed by atoms with E-state index in [9.17, 15) is 23.5 Å². The van der Waals surface area contributed by atoms with Crippen LogP contribution in [0.2, 0.25) is 0 Å². The van der Waals surface area contributed by atoms with Crippen molar-refractivity contribution in [2.75, 3.05) is 39.7 Å². The summed E-state index contributed by atoms with van der Waals surface area (Å²) in [5.74, 6) is 0.479. The predicted molar refractivity (Wildman–Crippen MR) is 132 cm³/mol. The summed E-state index contributed by atoms with van der Waals surface area (Å²) in [4.78, 5) is 45.9. The summed E-state index contributed by atoms with van der Waals surface area (Å²) in [5.41, 5.74) is -0.717. The minimum absolute atomic E-state index is 0.0516. The summed E-state index contributed by atoms with van der Waals surface area (Å²) in [7, 11) is -0.994. The van der Waals surface area contributed by atoms with Crippen molar-refractivity contribution in [1.29, 1.82) is 0 Å². The number of aromatic nitrogens is 3. The van der Waals surface area contributed by atoms with Crippen LogP contribution in [0.4, 0.5) is 22.1 Å². The first-order valence-corrected chi connectivity index (χ1v) is 13.2. The summed E-state index contributed by atoms with van der Waals surface area (Å²) >= 11 is 0. The maximum Gasteiger partial charge on any atom is 0.323 e. The fourth-order valence-corrected chi connectivity index (χ4v) is 6.93. The number of urea groups is 1. The van der Waals surface area contributed by atoms with Crippen LogP contribution in [0.25, 0.3) is 0 Å². The van der Waals surface area contributed by atoms with E-state index in [0.717, 1.165) is 0 Å². The number of hydrogen-bond donors (Lipinski definition) is 4. The van der Waals surface area contributed by atoms with E-state index in [2.05, 4.69) is 20.7 Å². The van der Waals surface area contributed by atoms with Crippen LogP contribution in [0, 0.1) is 5.41 Å². The van der Waals surface area contributed by atoms with Crippen LogP contribution in [-0.4, -0.2) is 71.8 Å². The SMILES string of the molecule is Cn1cc(NC(=O)c2cccc(N3CC4(CCS(O)(O)C4)NC3=O)n2)c(N2CCC(C)(C)C2=O)n1. The highest BCUT2D eigenvalue weighted by Gasteiger charge is 2.50. The highest BCUT2D eigenvalue weighted by atomic mass is 32.3. The molecule has 3 aliphatic rings. The van der Waals surface area contributed by atoms with Crippen molar-refractivity contribution in [2.45, 2.75) is 32.2 Å². The van der Waals surface area contributed by atoms with Gasteiger partial charge in [0.05, 0.1) is 24.0 Å². The third-order valence-corrected chi connectivity index (χ3v) is 8.71. The first-order valence-electron chi connectivity index (χ1n) is 11.4. The van der Waals surface area contributed by atoms with E-state index >= 15 is 0 Å². The fraction of sp³-hybridized carbons (Fsp3) is 0.500. The van der Waals surface area contributed by atoms with Gasteiger partial charge in [0.1, 0.15) is 17.2 Å². The maximum atomic E-state index is 13.1. The van der Waals surface area contributed by atoms with Gasteiger partial charge in [-0.2, -0.15) is 15.7 Å². The molecule has 0 bridgehead atoms. The highest BCUT2D eigenvalue weighted by Crippen LogP contribution is 2.51. The van der Waals surface area contributed by atoms with Gasteiger partial charge in [-0.3, -0.25) is 33.2 Å². The molecule has 2 aromatic heterocycles. The van der Waals surface area contributed by atoms with E-state index in [1.807, 2.05) is 13.8 Å². The van der Waals surface area contributed by atoms with Crippen molar-refractivity contribution in [2.24, 2.45) is 12.5 Å². The smallest absolute Gasteiger partial charge is 0.323 e. The molecule has 1 spiro atoms. The standard InChI is InChI=1S/C22H29N7O5S/c1-21(2)7-9-28(19(21)31)17-15(11-27(3)26-17)24-18(30)14-5-4-6-16(23-14)29-12-22(25-20(29)32)8-10-35(33,34)13-22/h4-6,11,33-34H,7-10,12-13H2,1-3H3,(H,24,30)(H,25,32). The zero-order valence-electron chi connectivity index (χ0n) is 19.8. The van der Waals surface area contributed by atoms with Crippen LogP contribution in [0.5, 0.6) is 0 Å². The first kappa shape index (κ1) is 23.6. The maximum absolute atomic E-state index is 13.1. The minimum Gasteiger partial charge on any atom is -0.329 e. The van der Waals surface area contributed by atoms with Gasteiger partial charge in [0.15, 0.2) is 5.82 Å². The van der Waals surface area contributed by atoms with Gasteiger partial charge in [0.2, 0.25) is 5.91 Å². The highest BCUT2D eigenvalue weighted by molar-refractivity contribution is 8.24. The van der Waals surface area contributed by atoms with Crippen molar-refractivity contribution >= 4 is 45.8 Å². The van der Waals surface area contributed by atoms with Gasteiger partial charge >= 0.3 is 6.03 Å². The molecule has 3 fully saturated rings. The molecule has 4 amide bonds. The number of carbonyl (C=O) groups is 3. The van der Waals surface area contributed by atoms with E-state index in [1.54, 1.807) is 30.3 Å². The normalized spacial score (nSPS) is 25.9. The van der Waals surface area contributed by atoms with Crippen LogP contribution >= 0.6 is 10.6 Å². The van der Waals surface area contributed by atoms with Crippen molar-refractivity contribution in [1.82, 2.24) is 20.1 Å². The molecule has 4 N–H and O–H groups in total. The number of carbonyl (C=O) groups excluding carboxylic acids is 3. The van der Waals surface area contributed by atoms with E-state index in [1.165, 1.54) is 15.6 Å².